The Morgan fingerprint density at radius 1 is 0.971 bits per heavy atom. The lowest BCUT2D eigenvalue weighted by Gasteiger charge is -2.12. The van der Waals surface area contributed by atoms with Gasteiger partial charge in [0.05, 0.1) is 7.11 Å². The highest BCUT2D eigenvalue weighted by molar-refractivity contribution is 7.99. The fourth-order valence-electron chi connectivity index (χ4n) is 3.06. The highest BCUT2D eigenvalue weighted by Gasteiger charge is 2.42. The Morgan fingerprint density at radius 2 is 1.59 bits per heavy atom. The number of anilines is 1. The van der Waals surface area contributed by atoms with E-state index < -0.39 is 35.0 Å². The van der Waals surface area contributed by atoms with Crippen LogP contribution in [0.5, 0.6) is 5.75 Å². The zero-order valence-electron chi connectivity index (χ0n) is 17.5. The van der Waals surface area contributed by atoms with Gasteiger partial charge in [0.25, 0.3) is 5.91 Å². The molecule has 0 aliphatic rings. The highest BCUT2D eigenvalue weighted by atomic mass is 32.2. The highest BCUT2D eigenvalue weighted by Crippen LogP contribution is 2.34. The molecule has 1 aromatic heterocycles. The molecule has 0 bridgehead atoms. The summed E-state index contributed by atoms with van der Waals surface area (Å²) < 4.78 is 60.7. The number of para-hydroxylation sites is 1. The number of aromatic nitrogens is 3. The molecule has 4 rings (SSSR count). The number of carbonyl (C=O) groups is 1. The number of carbonyl (C=O) groups excluding carboxylic acids is 1. The average molecular weight is 488 g/mol. The first-order chi connectivity index (χ1) is 16.3. The molecular formula is C23H16F4N4O2S. The summed E-state index contributed by atoms with van der Waals surface area (Å²) in [5, 5.41) is 9.15. The molecule has 0 aliphatic carbocycles. The number of nitrogens with one attached hydrogen (secondary N) is 1. The van der Waals surface area contributed by atoms with Gasteiger partial charge in [0.1, 0.15) is 17.3 Å². The van der Waals surface area contributed by atoms with E-state index in [1.165, 1.54) is 23.9 Å². The van der Waals surface area contributed by atoms with Crippen LogP contribution in [0.4, 0.5) is 23.2 Å². The number of rotatable bonds is 6. The van der Waals surface area contributed by atoms with Crippen molar-refractivity contribution in [2.75, 3.05) is 12.4 Å². The Hall–Kier alpha value is -3.86. The maximum atomic E-state index is 14.1. The molecule has 4 aromatic rings. The molecule has 34 heavy (non-hydrogen) atoms. The SMILES string of the molecule is COc1ccc(Sc2ccc(NC(=O)c3nnn(-c4ccccc4F)c3C(F)(F)F)cc2)cc1. The number of hydrogen-bond acceptors (Lipinski definition) is 5. The van der Waals surface area contributed by atoms with E-state index in [-0.39, 0.29) is 10.4 Å². The summed E-state index contributed by atoms with van der Waals surface area (Å²) >= 11 is 1.46. The average Bonchev–Trinajstić information content (AvgIpc) is 3.27. The predicted molar refractivity (Wildman–Crippen MR) is 118 cm³/mol. The number of halogens is 4. The molecule has 0 saturated carbocycles. The molecule has 0 spiro atoms. The molecule has 1 amide bonds. The van der Waals surface area contributed by atoms with E-state index in [0.717, 1.165) is 27.7 Å². The summed E-state index contributed by atoms with van der Waals surface area (Å²) in [6.45, 7) is 0. The van der Waals surface area contributed by atoms with Crippen molar-refractivity contribution in [3.63, 3.8) is 0 Å². The van der Waals surface area contributed by atoms with Crippen LogP contribution in [0, 0.1) is 5.82 Å². The predicted octanol–water partition coefficient (Wildman–Crippen LogP) is 5.84. The van der Waals surface area contributed by atoms with E-state index in [2.05, 4.69) is 15.6 Å². The van der Waals surface area contributed by atoms with Crippen LogP contribution in [-0.2, 0) is 6.18 Å². The van der Waals surface area contributed by atoms with Gasteiger partial charge in [0, 0.05) is 15.5 Å². The first-order valence-corrected chi connectivity index (χ1v) is 10.6. The summed E-state index contributed by atoms with van der Waals surface area (Å²) in [5.74, 6) is -1.33. The van der Waals surface area contributed by atoms with Gasteiger partial charge in [-0.15, -0.1) is 5.10 Å². The standard InChI is InChI=1S/C23H16F4N4O2S/c1-33-15-8-12-17(13-9-15)34-16-10-6-14(7-11-16)28-22(32)20-21(23(25,26)27)31(30-29-20)19-5-3-2-4-18(19)24/h2-13H,1H3,(H,28,32). The third kappa shape index (κ3) is 5.04. The van der Waals surface area contributed by atoms with Gasteiger partial charge >= 0.3 is 6.18 Å². The largest absolute Gasteiger partial charge is 0.497 e. The summed E-state index contributed by atoms with van der Waals surface area (Å²) in [5.41, 5.74) is -2.65. The van der Waals surface area contributed by atoms with Crippen LogP contribution in [0.1, 0.15) is 16.2 Å². The molecule has 0 fully saturated rings. The van der Waals surface area contributed by atoms with Crippen molar-refractivity contribution in [3.8, 4) is 11.4 Å². The fourth-order valence-corrected chi connectivity index (χ4v) is 3.87. The van der Waals surface area contributed by atoms with E-state index >= 15 is 0 Å². The smallest absolute Gasteiger partial charge is 0.435 e. The van der Waals surface area contributed by atoms with Crippen LogP contribution >= 0.6 is 11.8 Å². The van der Waals surface area contributed by atoms with E-state index in [1.807, 2.05) is 24.3 Å². The van der Waals surface area contributed by atoms with Gasteiger partial charge in [0.2, 0.25) is 0 Å². The van der Waals surface area contributed by atoms with Crippen LogP contribution in [0.2, 0.25) is 0 Å². The topological polar surface area (TPSA) is 69.0 Å². The van der Waals surface area contributed by atoms with Gasteiger partial charge in [-0.05, 0) is 60.7 Å². The minimum atomic E-state index is -5.00. The third-order valence-electron chi connectivity index (χ3n) is 4.64. The summed E-state index contributed by atoms with van der Waals surface area (Å²) in [7, 11) is 1.58. The molecule has 174 valence electrons. The first kappa shape index (κ1) is 23.3. The quantitative estimate of drug-likeness (QED) is 0.346. The van der Waals surface area contributed by atoms with Gasteiger partial charge < -0.3 is 10.1 Å². The maximum Gasteiger partial charge on any atom is 0.435 e. The van der Waals surface area contributed by atoms with Gasteiger partial charge in [0.15, 0.2) is 11.4 Å². The van der Waals surface area contributed by atoms with Crippen LogP contribution in [0.25, 0.3) is 5.69 Å². The van der Waals surface area contributed by atoms with Crippen molar-refractivity contribution >= 4 is 23.4 Å². The summed E-state index contributed by atoms with van der Waals surface area (Å²) in [4.78, 5) is 14.4. The van der Waals surface area contributed by atoms with Gasteiger partial charge in [-0.3, -0.25) is 4.79 Å². The van der Waals surface area contributed by atoms with E-state index in [0.29, 0.717) is 0 Å². The Morgan fingerprint density at radius 3 is 2.18 bits per heavy atom. The lowest BCUT2D eigenvalue weighted by atomic mass is 10.2. The Balaban J connectivity index is 1.54. The number of benzene rings is 3. The van der Waals surface area contributed by atoms with Gasteiger partial charge in [-0.25, -0.2) is 9.07 Å². The molecule has 1 N–H and O–H groups in total. The van der Waals surface area contributed by atoms with Gasteiger partial charge in [-0.2, -0.15) is 13.2 Å². The number of ether oxygens (including phenoxy) is 1. The van der Waals surface area contributed by atoms with E-state index in [9.17, 15) is 22.4 Å². The van der Waals surface area contributed by atoms with Crippen LogP contribution in [-0.4, -0.2) is 28.0 Å². The number of hydrogen-bond donors (Lipinski definition) is 1. The minimum absolute atomic E-state index is 0.262. The first-order valence-electron chi connectivity index (χ1n) is 9.77. The van der Waals surface area contributed by atoms with Crippen molar-refractivity contribution in [1.82, 2.24) is 15.0 Å². The minimum Gasteiger partial charge on any atom is -0.497 e. The fraction of sp³-hybridized carbons (Fsp3) is 0.0870. The van der Waals surface area contributed by atoms with Crippen molar-refractivity contribution < 1.29 is 27.1 Å². The molecule has 0 atom stereocenters. The Kier molecular flexibility index (Phi) is 6.55. The lowest BCUT2D eigenvalue weighted by molar-refractivity contribution is -0.143. The number of methoxy groups -OCH3 is 1. The molecule has 0 aliphatic heterocycles. The lowest BCUT2D eigenvalue weighted by Crippen LogP contribution is -2.21. The molecule has 0 saturated heterocycles. The second-order valence-electron chi connectivity index (χ2n) is 6.90. The van der Waals surface area contributed by atoms with Crippen molar-refractivity contribution in [1.29, 1.82) is 0 Å². The second kappa shape index (κ2) is 9.56. The van der Waals surface area contributed by atoms with Crippen molar-refractivity contribution in [2.24, 2.45) is 0 Å². The molecule has 11 heteroatoms. The Labute approximate surface area is 195 Å². The van der Waals surface area contributed by atoms with E-state index in [1.54, 1.807) is 31.4 Å². The van der Waals surface area contributed by atoms with E-state index in [4.69, 9.17) is 4.74 Å². The zero-order valence-corrected chi connectivity index (χ0v) is 18.3. The third-order valence-corrected chi connectivity index (χ3v) is 5.66. The molecule has 3 aromatic carbocycles. The number of amides is 1. The normalized spacial score (nSPS) is 11.3. The second-order valence-corrected chi connectivity index (χ2v) is 8.05. The zero-order chi connectivity index (χ0) is 24.3. The Bertz CT molecular complexity index is 1310. The van der Waals surface area contributed by atoms with Crippen LogP contribution < -0.4 is 10.1 Å². The van der Waals surface area contributed by atoms with Crippen LogP contribution in [0.3, 0.4) is 0 Å². The van der Waals surface area contributed by atoms with Crippen molar-refractivity contribution in [2.45, 2.75) is 16.0 Å². The summed E-state index contributed by atoms with van der Waals surface area (Å²) in [6.07, 6.45) is -5.00. The molecule has 0 radical (unpaired) electrons. The molecular weight excluding hydrogens is 472 g/mol. The molecule has 6 nitrogen and oxygen atoms in total. The number of nitrogens with zero attached hydrogens (tertiary/aromatic N) is 3. The molecule has 1 heterocycles. The monoisotopic (exact) mass is 488 g/mol. The van der Waals surface area contributed by atoms with Gasteiger partial charge in [-0.1, -0.05) is 29.1 Å². The number of alkyl halides is 3. The van der Waals surface area contributed by atoms with Crippen LogP contribution in [0.15, 0.2) is 82.6 Å². The summed E-state index contributed by atoms with van der Waals surface area (Å²) in [6, 6.07) is 18.7. The molecule has 0 unspecified atom stereocenters. The van der Waals surface area contributed by atoms with Crippen molar-refractivity contribution in [3.05, 3.63) is 90.0 Å². The maximum absolute atomic E-state index is 14.1.